The Kier molecular flexibility index (Phi) is 14.2. The first kappa shape index (κ1) is 28.6. The molecule has 31 heavy (non-hydrogen) atoms. The average Bonchev–Trinajstić information content (AvgIpc) is 3.50. The summed E-state index contributed by atoms with van der Waals surface area (Å²) in [5.74, 6) is 0.861. The molecule has 162 valence electrons. The summed E-state index contributed by atoms with van der Waals surface area (Å²) in [4.78, 5) is 0. The molecule has 0 aliphatic carbocycles. The van der Waals surface area contributed by atoms with E-state index in [1.165, 1.54) is 0 Å². The predicted octanol–water partition coefficient (Wildman–Crippen LogP) is 7.44. The molecular formula is C28H34O2Zr. The van der Waals surface area contributed by atoms with Crippen molar-refractivity contribution in [1.82, 2.24) is 0 Å². The van der Waals surface area contributed by atoms with E-state index in [0.717, 1.165) is 33.4 Å². The normalized spacial score (nSPS) is 8.97. The Hall–Kier alpha value is -2.38. The third-order valence-electron chi connectivity index (χ3n) is 4.92. The third-order valence-corrected chi connectivity index (χ3v) is 4.92. The van der Waals surface area contributed by atoms with E-state index in [1.807, 2.05) is 126 Å². The first-order valence-electron chi connectivity index (χ1n) is 10.1. The summed E-state index contributed by atoms with van der Waals surface area (Å²) in [6.45, 7) is 11.7. The Bertz CT molecular complexity index is 799. The van der Waals surface area contributed by atoms with Gasteiger partial charge < -0.3 is 10.2 Å². The molecule has 0 amide bonds. The van der Waals surface area contributed by atoms with Gasteiger partial charge in [0.2, 0.25) is 0 Å². The number of aromatic hydroxyl groups is 2. The Balaban J connectivity index is 0.000000401. The van der Waals surface area contributed by atoms with Gasteiger partial charge in [0.05, 0.1) is 0 Å². The Morgan fingerprint density at radius 3 is 0.935 bits per heavy atom. The summed E-state index contributed by atoms with van der Waals surface area (Å²) in [5.41, 5.74) is 6.15. The molecule has 0 aromatic heterocycles. The van der Waals surface area contributed by atoms with Crippen molar-refractivity contribution in [2.45, 2.75) is 41.5 Å². The second kappa shape index (κ2) is 15.4. The van der Waals surface area contributed by atoms with Crippen LogP contribution in [-0.2, 0) is 26.2 Å². The zero-order valence-corrected chi connectivity index (χ0v) is 21.9. The van der Waals surface area contributed by atoms with Gasteiger partial charge in [0.25, 0.3) is 0 Å². The van der Waals surface area contributed by atoms with Gasteiger partial charge in [0.1, 0.15) is 11.5 Å². The minimum Gasteiger partial charge on any atom is -0.507 e. The number of aryl methyl sites for hydroxylation is 4. The molecule has 0 saturated heterocycles. The van der Waals surface area contributed by atoms with Gasteiger partial charge in [-0.15, -0.1) is 0 Å². The van der Waals surface area contributed by atoms with Crippen molar-refractivity contribution in [3.63, 3.8) is 0 Å². The van der Waals surface area contributed by atoms with Crippen molar-refractivity contribution in [3.05, 3.63) is 118 Å². The largest absolute Gasteiger partial charge is 2.00 e. The second-order valence-electron chi connectivity index (χ2n) is 7.27. The molecule has 0 aliphatic heterocycles. The SMILES string of the molecule is Cc1ccc(C)c(O)c1C.Cc1ccc(C)c(O)c1C.[Zr+2].c1cc[cH-]c1.c1cc[cH-]c1. The minimum atomic E-state index is 0. The fourth-order valence-electron chi connectivity index (χ4n) is 2.51. The van der Waals surface area contributed by atoms with E-state index in [-0.39, 0.29) is 26.2 Å². The van der Waals surface area contributed by atoms with Crippen LogP contribution in [-0.4, -0.2) is 10.2 Å². The van der Waals surface area contributed by atoms with Crippen LogP contribution < -0.4 is 0 Å². The van der Waals surface area contributed by atoms with Crippen LogP contribution in [0.1, 0.15) is 33.4 Å². The van der Waals surface area contributed by atoms with Gasteiger partial charge in [0.15, 0.2) is 0 Å². The quantitative estimate of drug-likeness (QED) is 0.250. The van der Waals surface area contributed by atoms with E-state index in [2.05, 4.69) is 0 Å². The van der Waals surface area contributed by atoms with Crippen LogP contribution in [0.4, 0.5) is 0 Å². The van der Waals surface area contributed by atoms with Gasteiger partial charge in [-0.1, -0.05) is 24.3 Å². The predicted molar refractivity (Wildman–Crippen MR) is 129 cm³/mol. The standard InChI is InChI=1S/2C9H12O.2C5H5.Zr/c2*1-6-4-5-7(2)9(10)8(6)3;2*1-2-4-5-3-1;/h2*4-5,10H,1-3H3;2*1-5H;/q;;2*-1;+2. The molecule has 2 nitrogen and oxygen atoms in total. The molecule has 0 unspecified atom stereocenters. The fraction of sp³-hybridized carbons (Fsp3) is 0.214. The number of hydrogen-bond donors (Lipinski definition) is 2. The summed E-state index contributed by atoms with van der Waals surface area (Å²) < 4.78 is 0. The number of phenols is 2. The van der Waals surface area contributed by atoms with Crippen molar-refractivity contribution in [3.8, 4) is 11.5 Å². The molecule has 0 fully saturated rings. The zero-order valence-electron chi connectivity index (χ0n) is 19.5. The van der Waals surface area contributed by atoms with Gasteiger partial charge in [0, 0.05) is 0 Å². The minimum absolute atomic E-state index is 0. The Labute approximate surface area is 207 Å². The van der Waals surface area contributed by atoms with Crippen molar-refractivity contribution in [2.75, 3.05) is 0 Å². The number of rotatable bonds is 0. The molecule has 0 atom stereocenters. The summed E-state index contributed by atoms with van der Waals surface area (Å²) in [7, 11) is 0. The maximum atomic E-state index is 9.39. The molecule has 0 spiro atoms. The summed E-state index contributed by atoms with van der Waals surface area (Å²) >= 11 is 0. The van der Waals surface area contributed by atoms with Gasteiger partial charge >= 0.3 is 26.2 Å². The molecule has 0 aliphatic rings. The van der Waals surface area contributed by atoms with Crippen LogP contribution in [0.2, 0.25) is 0 Å². The zero-order chi connectivity index (χ0) is 22.5. The van der Waals surface area contributed by atoms with Crippen LogP contribution in [0.5, 0.6) is 11.5 Å². The molecule has 2 N–H and O–H groups in total. The molecule has 4 aromatic carbocycles. The second-order valence-corrected chi connectivity index (χ2v) is 7.27. The van der Waals surface area contributed by atoms with Crippen LogP contribution in [0.15, 0.2) is 84.9 Å². The maximum Gasteiger partial charge on any atom is 2.00 e. The summed E-state index contributed by atoms with van der Waals surface area (Å²) in [6, 6.07) is 27.9. The molecule has 0 radical (unpaired) electrons. The topological polar surface area (TPSA) is 40.5 Å². The third kappa shape index (κ3) is 10.5. The molecule has 3 heteroatoms. The first-order valence-corrected chi connectivity index (χ1v) is 10.1. The van der Waals surface area contributed by atoms with Gasteiger partial charge in [-0.05, 0) is 74.9 Å². The van der Waals surface area contributed by atoms with Gasteiger partial charge in [-0.3, -0.25) is 0 Å². The van der Waals surface area contributed by atoms with Crippen LogP contribution in [0.3, 0.4) is 0 Å². The molecular weight excluding hydrogens is 460 g/mol. The van der Waals surface area contributed by atoms with Crippen molar-refractivity contribution >= 4 is 0 Å². The molecule has 4 aromatic rings. The molecule has 0 saturated carbocycles. The summed E-state index contributed by atoms with van der Waals surface area (Å²) in [6.07, 6.45) is 0. The molecule has 4 rings (SSSR count). The average molecular weight is 494 g/mol. The molecule has 0 bridgehead atoms. The van der Waals surface area contributed by atoms with Gasteiger partial charge in [-0.25, -0.2) is 24.3 Å². The first-order chi connectivity index (χ1) is 14.3. The van der Waals surface area contributed by atoms with E-state index < -0.39 is 0 Å². The number of phenolic OH excluding ortho intramolecular Hbond substituents is 2. The number of hydrogen-bond acceptors (Lipinski definition) is 2. The van der Waals surface area contributed by atoms with Crippen LogP contribution >= 0.6 is 0 Å². The van der Waals surface area contributed by atoms with E-state index in [0.29, 0.717) is 11.5 Å². The van der Waals surface area contributed by atoms with E-state index >= 15 is 0 Å². The fourth-order valence-corrected chi connectivity index (χ4v) is 2.51. The van der Waals surface area contributed by atoms with E-state index in [1.54, 1.807) is 0 Å². The maximum absolute atomic E-state index is 9.39. The number of benzene rings is 2. The molecule has 0 heterocycles. The monoisotopic (exact) mass is 492 g/mol. The van der Waals surface area contributed by atoms with E-state index in [9.17, 15) is 10.2 Å². The Morgan fingerprint density at radius 2 is 0.742 bits per heavy atom. The van der Waals surface area contributed by atoms with Crippen LogP contribution in [0, 0.1) is 41.5 Å². The van der Waals surface area contributed by atoms with Crippen molar-refractivity contribution in [2.24, 2.45) is 0 Å². The smallest absolute Gasteiger partial charge is 0.507 e. The summed E-state index contributed by atoms with van der Waals surface area (Å²) in [5, 5.41) is 18.8. The van der Waals surface area contributed by atoms with Gasteiger partial charge in [-0.2, -0.15) is 36.4 Å². The van der Waals surface area contributed by atoms with Crippen molar-refractivity contribution < 1.29 is 36.4 Å². The van der Waals surface area contributed by atoms with Crippen molar-refractivity contribution in [1.29, 1.82) is 0 Å². The van der Waals surface area contributed by atoms with Crippen LogP contribution in [0.25, 0.3) is 0 Å². The Morgan fingerprint density at radius 1 is 0.484 bits per heavy atom. The van der Waals surface area contributed by atoms with E-state index in [4.69, 9.17) is 0 Å².